The van der Waals surface area contributed by atoms with Crippen LogP contribution in [0.5, 0.6) is 5.75 Å². The third-order valence-electron chi connectivity index (χ3n) is 1.74. The quantitative estimate of drug-likeness (QED) is 0.457. The number of nitrogens with zero attached hydrogens (tertiary/aromatic N) is 2. The van der Waals surface area contributed by atoms with Crippen molar-refractivity contribution in [3.8, 4) is 5.75 Å². The van der Waals surface area contributed by atoms with Gasteiger partial charge in [0.2, 0.25) is 14.8 Å². The zero-order valence-electron chi connectivity index (χ0n) is 8.79. The fourth-order valence-corrected chi connectivity index (χ4v) is 1.50. The van der Waals surface area contributed by atoms with E-state index in [-0.39, 0.29) is 12.4 Å². The van der Waals surface area contributed by atoms with Crippen molar-refractivity contribution in [2.24, 2.45) is 0 Å². The van der Waals surface area contributed by atoms with Crippen molar-refractivity contribution < 1.29 is 18.1 Å². The lowest BCUT2D eigenvalue weighted by molar-refractivity contribution is -0.390. The van der Waals surface area contributed by atoms with Gasteiger partial charge in [0.1, 0.15) is 12.3 Å². The minimum absolute atomic E-state index is 0.0825. The lowest BCUT2D eigenvalue weighted by Crippen LogP contribution is -2.10. The van der Waals surface area contributed by atoms with Crippen LogP contribution in [0.25, 0.3) is 0 Å². The molecule has 0 saturated heterocycles. The summed E-state index contributed by atoms with van der Waals surface area (Å²) in [5.74, 6) is -0.961. The zero-order chi connectivity index (χ0) is 13.1. The van der Waals surface area contributed by atoms with Crippen molar-refractivity contribution in [2.75, 3.05) is 12.4 Å². The molecule has 0 radical (unpaired) electrons. The lowest BCUT2D eigenvalue weighted by Gasteiger charge is -2.04. The standard InChI is InChI=1S/C8H9ClN2O5S/c1-6-2-3-7(8(10-6)11(12)13)16-4-5-17(9,14)15/h2-3H,4-5H2,1H3. The molecule has 0 aromatic carbocycles. The summed E-state index contributed by atoms with van der Waals surface area (Å²) in [5.41, 5.74) is 0.467. The van der Waals surface area contributed by atoms with Crippen LogP contribution in [0, 0.1) is 17.0 Å². The molecule has 7 nitrogen and oxygen atoms in total. The Morgan fingerprint density at radius 1 is 1.53 bits per heavy atom. The highest BCUT2D eigenvalue weighted by Crippen LogP contribution is 2.24. The number of rotatable bonds is 5. The Bertz CT molecular complexity index is 531. The molecule has 0 fully saturated rings. The number of aryl methyl sites for hydroxylation is 1. The summed E-state index contributed by atoms with van der Waals surface area (Å²) in [4.78, 5) is 13.6. The number of hydrogen-bond donors (Lipinski definition) is 0. The summed E-state index contributed by atoms with van der Waals surface area (Å²) >= 11 is 0. The second-order valence-corrected chi connectivity index (χ2v) is 6.02. The van der Waals surface area contributed by atoms with E-state index in [1.807, 2.05) is 0 Å². The van der Waals surface area contributed by atoms with Gasteiger partial charge in [0.15, 0.2) is 0 Å². The van der Waals surface area contributed by atoms with E-state index in [1.165, 1.54) is 12.1 Å². The Kier molecular flexibility index (Phi) is 4.24. The first-order valence-electron chi connectivity index (χ1n) is 4.47. The van der Waals surface area contributed by atoms with Gasteiger partial charge in [0.05, 0.1) is 5.75 Å². The monoisotopic (exact) mass is 280 g/mol. The first-order chi connectivity index (χ1) is 7.79. The van der Waals surface area contributed by atoms with Crippen LogP contribution in [0.15, 0.2) is 12.1 Å². The molecule has 0 bridgehead atoms. The van der Waals surface area contributed by atoms with Crippen molar-refractivity contribution in [3.63, 3.8) is 0 Å². The minimum atomic E-state index is -3.68. The Morgan fingerprint density at radius 2 is 2.18 bits per heavy atom. The average Bonchev–Trinajstić information content (AvgIpc) is 2.18. The molecule has 0 unspecified atom stereocenters. The van der Waals surface area contributed by atoms with Gasteiger partial charge >= 0.3 is 5.82 Å². The molecule has 17 heavy (non-hydrogen) atoms. The smallest absolute Gasteiger partial charge is 0.406 e. The summed E-state index contributed by atoms with van der Waals surface area (Å²) < 4.78 is 26.2. The number of pyridine rings is 1. The second-order valence-electron chi connectivity index (χ2n) is 3.12. The molecule has 0 atom stereocenters. The SMILES string of the molecule is Cc1ccc(OCCS(=O)(=O)Cl)c([N+](=O)[O-])n1. The molecule has 1 aromatic rings. The predicted molar refractivity (Wildman–Crippen MR) is 60.8 cm³/mol. The first kappa shape index (κ1) is 13.7. The van der Waals surface area contributed by atoms with Gasteiger partial charge in [-0.1, -0.05) is 0 Å². The Balaban J connectivity index is 2.81. The first-order valence-corrected chi connectivity index (χ1v) is 6.94. The maximum absolute atomic E-state index is 10.7. The summed E-state index contributed by atoms with van der Waals surface area (Å²) in [6.45, 7) is 1.33. The highest BCUT2D eigenvalue weighted by molar-refractivity contribution is 8.13. The lowest BCUT2D eigenvalue weighted by atomic mass is 10.3. The fourth-order valence-electron chi connectivity index (χ4n) is 1.02. The third-order valence-corrected chi connectivity index (χ3v) is 2.85. The molecule has 1 aromatic heterocycles. The van der Waals surface area contributed by atoms with Gasteiger partial charge in [-0.2, -0.15) is 0 Å². The molecule has 9 heteroatoms. The minimum Gasteiger partial charge on any atom is -0.485 e. The summed E-state index contributed by atoms with van der Waals surface area (Å²) in [6, 6.07) is 2.89. The number of nitro groups is 1. The van der Waals surface area contributed by atoms with E-state index in [0.717, 1.165) is 0 Å². The van der Waals surface area contributed by atoms with Crippen LogP contribution in [0.1, 0.15) is 5.69 Å². The molecular weight excluding hydrogens is 272 g/mol. The second kappa shape index (κ2) is 5.28. The normalized spacial score (nSPS) is 11.2. The molecular formula is C8H9ClN2O5S. The van der Waals surface area contributed by atoms with Crippen LogP contribution < -0.4 is 4.74 Å². The number of ether oxygens (including phenoxy) is 1. The van der Waals surface area contributed by atoms with E-state index in [1.54, 1.807) is 6.92 Å². The van der Waals surface area contributed by atoms with Gasteiger partial charge in [-0.15, -0.1) is 0 Å². The summed E-state index contributed by atoms with van der Waals surface area (Å²) in [7, 11) is 1.29. The van der Waals surface area contributed by atoms with Crippen LogP contribution in [-0.4, -0.2) is 30.7 Å². The average molecular weight is 281 g/mol. The van der Waals surface area contributed by atoms with Crippen molar-refractivity contribution in [1.29, 1.82) is 0 Å². The maximum Gasteiger partial charge on any atom is 0.406 e. The van der Waals surface area contributed by atoms with Gasteiger partial charge in [-0.25, -0.2) is 8.42 Å². The van der Waals surface area contributed by atoms with E-state index in [0.29, 0.717) is 5.69 Å². The Labute approximate surface area is 102 Å². The van der Waals surface area contributed by atoms with Crippen molar-refractivity contribution >= 4 is 25.6 Å². The van der Waals surface area contributed by atoms with E-state index in [2.05, 4.69) is 4.98 Å². The van der Waals surface area contributed by atoms with E-state index < -0.39 is 25.5 Å². The summed E-state index contributed by atoms with van der Waals surface area (Å²) in [6.07, 6.45) is 0. The molecule has 1 rings (SSSR count). The number of hydrogen-bond acceptors (Lipinski definition) is 6. The van der Waals surface area contributed by atoms with E-state index in [4.69, 9.17) is 15.4 Å². The highest BCUT2D eigenvalue weighted by atomic mass is 35.7. The van der Waals surface area contributed by atoms with Gasteiger partial charge in [0, 0.05) is 17.6 Å². The van der Waals surface area contributed by atoms with Crippen molar-refractivity contribution in [2.45, 2.75) is 6.92 Å². The largest absolute Gasteiger partial charge is 0.485 e. The molecule has 0 amide bonds. The van der Waals surface area contributed by atoms with Crippen molar-refractivity contribution in [1.82, 2.24) is 4.98 Å². The van der Waals surface area contributed by atoms with Crippen LogP contribution in [0.4, 0.5) is 5.82 Å². The third kappa shape index (κ3) is 4.53. The van der Waals surface area contributed by atoms with Crippen LogP contribution in [0.2, 0.25) is 0 Å². The fraction of sp³-hybridized carbons (Fsp3) is 0.375. The molecule has 0 N–H and O–H groups in total. The predicted octanol–water partition coefficient (Wildman–Crippen LogP) is 1.25. The number of aromatic nitrogens is 1. The van der Waals surface area contributed by atoms with Crippen LogP contribution in [0.3, 0.4) is 0 Å². The molecule has 0 aliphatic carbocycles. The van der Waals surface area contributed by atoms with Crippen LogP contribution >= 0.6 is 10.7 Å². The van der Waals surface area contributed by atoms with Gasteiger partial charge < -0.3 is 14.9 Å². The zero-order valence-corrected chi connectivity index (χ0v) is 10.4. The van der Waals surface area contributed by atoms with E-state index in [9.17, 15) is 18.5 Å². The maximum atomic E-state index is 10.7. The van der Waals surface area contributed by atoms with Gasteiger partial charge in [-0.05, 0) is 22.0 Å². The summed E-state index contributed by atoms with van der Waals surface area (Å²) in [5, 5.41) is 10.7. The van der Waals surface area contributed by atoms with Gasteiger partial charge in [0.25, 0.3) is 0 Å². The highest BCUT2D eigenvalue weighted by Gasteiger charge is 2.18. The molecule has 0 saturated carbocycles. The molecule has 0 spiro atoms. The Hall–Kier alpha value is -1.41. The molecule has 1 heterocycles. The number of halogens is 1. The topological polar surface area (TPSA) is 99.4 Å². The Morgan fingerprint density at radius 3 is 2.71 bits per heavy atom. The molecule has 94 valence electrons. The van der Waals surface area contributed by atoms with E-state index >= 15 is 0 Å². The van der Waals surface area contributed by atoms with Crippen LogP contribution in [-0.2, 0) is 9.05 Å². The molecule has 0 aliphatic rings. The van der Waals surface area contributed by atoms with Gasteiger partial charge in [-0.3, -0.25) is 0 Å². The molecule has 0 aliphatic heterocycles. The van der Waals surface area contributed by atoms with Crippen molar-refractivity contribution in [3.05, 3.63) is 27.9 Å².